The smallest absolute Gasteiger partial charge is 0.386 e. The van der Waals surface area contributed by atoms with Gasteiger partial charge in [-0.3, -0.25) is 14.9 Å². The van der Waals surface area contributed by atoms with E-state index in [2.05, 4.69) is 5.32 Å². The predicted molar refractivity (Wildman–Crippen MR) is 128 cm³/mol. The fraction of sp³-hybridized carbons (Fsp3) is 0.296. The first-order valence-electron chi connectivity index (χ1n) is 11.7. The maximum absolute atomic E-state index is 13.4. The number of aliphatic hydroxyl groups is 1. The van der Waals surface area contributed by atoms with E-state index in [-0.39, 0.29) is 17.7 Å². The van der Waals surface area contributed by atoms with Crippen molar-refractivity contribution in [3.63, 3.8) is 0 Å². The molecule has 0 bridgehead atoms. The molecule has 0 radical (unpaired) electrons. The zero-order valence-electron chi connectivity index (χ0n) is 19.6. The fourth-order valence-corrected chi connectivity index (χ4v) is 4.62. The van der Waals surface area contributed by atoms with Crippen LogP contribution in [0.3, 0.4) is 0 Å². The van der Waals surface area contributed by atoms with Gasteiger partial charge in [-0.1, -0.05) is 24.3 Å². The number of aryl methyl sites for hydroxylation is 1. The summed E-state index contributed by atoms with van der Waals surface area (Å²) in [6.07, 6.45) is -3.06. The van der Waals surface area contributed by atoms with Gasteiger partial charge in [-0.15, -0.1) is 0 Å². The Morgan fingerprint density at radius 3 is 2.30 bits per heavy atom. The first kappa shape index (κ1) is 26.3. The molecule has 6 nitrogen and oxygen atoms in total. The molecular weight excluding hydrogens is 492 g/mol. The Labute approximate surface area is 210 Å². The number of aliphatic hydroxyl groups excluding tert-OH is 1. The molecule has 4 rings (SSSR count). The topological polar surface area (TPSA) is 92.5 Å². The van der Waals surface area contributed by atoms with Crippen LogP contribution >= 0.6 is 0 Å². The SMILES string of the molecule is O=C(NC(Cc1ccc(C(F)(F)F)cc1)C(O)c1ccc(F)cc1)c1cc([N+](=O)[O-])cc2c1CCCC2. The van der Waals surface area contributed by atoms with E-state index in [0.29, 0.717) is 29.5 Å². The fourth-order valence-electron chi connectivity index (χ4n) is 4.62. The van der Waals surface area contributed by atoms with Crippen LogP contribution in [0.5, 0.6) is 0 Å². The third-order valence-electron chi connectivity index (χ3n) is 6.55. The van der Waals surface area contributed by atoms with Crippen LogP contribution in [0.1, 0.15) is 57.1 Å². The molecule has 2 unspecified atom stereocenters. The maximum Gasteiger partial charge on any atom is 0.416 e. The number of nitrogens with zero attached hydrogens (tertiary/aromatic N) is 1. The molecule has 3 aromatic rings. The number of nitrogens with one attached hydrogen (secondary N) is 1. The Morgan fingerprint density at radius 1 is 1.03 bits per heavy atom. The van der Waals surface area contributed by atoms with E-state index >= 15 is 0 Å². The molecule has 37 heavy (non-hydrogen) atoms. The number of carbonyl (C=O) groups is 1. The lowest BCUT2D eigenvalue weighted by Crippen LogP contribution is -2.41. The molecule has 0 saturated carbocycles. The number of halogens is 4. The van der Waals surface area contributed by atoms with E-state index in [1.165, 1.54) is 36.4 Å². The van der Waals surface area contributed by atoms with Crippen LogP contribution in [-0.2, 0) is 25.4 Å². The first-order valence-corrected chi connectivity index (χ1v) is 11.7. The second-order valence-corrected chi connectivity index (χ2v) is 9.07. The average Bonchev–Trinajstić information content (AvgIpc) is 2.87. The maximum atomic E-state index is 13.4. The molecule has 3 aromatic carbocycles. The summed E-state index contributed by atoms with van der Waals surface area (Å²) in [5.41, 5.74) is 1.22. The lowest BCUT2D eigenvalue weighted by Gasteiger charge is -2.26. The molecule has 0 spiro atoms. The highest BCUT2D eigenvalue weighted by atomic mass is 19.4. The van der Waals surface area contributed by atoms with Crippen molar-refractivity contribution in [3.05, 3.63) is 110 Å². The lowest BCUT2D eigenvalue weighted by atomic mass is 9.87. The highest BCUT2D eigenvalue weighted by Gasteiger charge is 2.31. The van der Waals surface area contributed by atoms with Crippen LogP contribution in [0.25, 0.3) is 0 Å². The minimum absolute atomic E-state index is 0.0421. The summed E-state index contributed by atoms with van der Waals surface area (Å²) < 4.78 is 52.4. The third kappa shape index (κ3) is 6.14. The van der Waals surface area contributed by atoms with Crippen molar-refractivity contribution in [1.29, 1.82) is 0 Å². The van der Waals surface area contributed by atoms with Crippen LogP contribution in [0.2, 0.25) is 0 Å². The van der Waals surface area contributed by atoms with Gasteiger partial charge in [-0.2, -0.15) is 13.2 Å². The van der Waals surface area contributed by atoms with Crippen molar-refractivity contribution in [1.82, 2.24) is 5.32 Å². The van der Waals surface area contributed by atoms with Gasteiger partial charge < -0.3 is 10.4 Å². The number of hydrogen-bond donors (Lipinski definition) is 2. The summed E-state index contributed by atoms with van der Waals surface area (Å²) in [4.78, 5) is 24.3. The number of nitro benzene ring substituents is 1. The van der Waals surface area contributed by atoms with Gasteiger partial charge in [0.15, 0.2) is 0 Å². The third-order valence-corrected chi connectivity index (χ3v) is 6.55. The van der Waals surface area contributed by atoms with E-state index in [4.69, 9.17) is 0 Å². The normalized spacial score (nSPS) is 14.9. The summed E-state index contributed by atoms with van der Waals surface area (Å²) in [7, 11) is 0. The standard InChI is InChI=1S/C27H24F4N2O4/c28-20-11-7-17(8-12-20)25(34)24(13-16-5-9-19(10-6-16)27(29,30)31)32-26(35)23-15-21(33(36)37)14-18-3-1-2-4-22(18)23/h5-12,14-15,24-25,34H,1-4,13H2,(H,32,35). The van der Waals surface area contributed by atoms with E-state index in [0.717, 1.165) is 42.7 Å². The molecule has 194 valence electrons. The number of non-ortho nitro benzene ring substituents is 1. The molecule has 1 aliphatic carbocycles. The number of benzene rings is 3. The van der Waals surface area contributed by atoms with Crippen LogP contribution in [0.15, 0.2) is 60.7 Å². The van der Waals surface area contributed by atoms with Gasteiger partial charge in [0.05, 0.1) is 22.6 Å². The Kier molecular flexibility index (Phi) is 7.58. The monoisotopic (exact) mass is 516 g/mol. The largest absolute Gasteiger partial charge is 0.416 e. The molecule has 0 saturated heterocycles. The summed E-state index contributed by atoms with van der Waals surface area (Å²) in [6, 6.07) is 11.0. The summed E-state index contributed by atoms with van der Waals surface area (Å²) >= 11 is 0. The van der Waals surface area contributed by atoms with E-state index < -0.39 is 40.5 Å². The second kappa shape index (κ2) is 10.7. The van der Waals surface area contributed by atoms with Gasteiger partial charge in [-0.25, -0.2) is 4.39 Å². The van der Waals surface area contributed by atoms with Gasteiger partial charge >= 0.3 is 6.18 Å². The number of amides is 1. The molecule has 0 aliphatic heterocycles. The van der Waals surface area contributed by atoms with Gasteiger partial charge in [0, 0.05) is 17.7 Å². The molecule has 1 amide bonds. The second-order valence-electron chi connectivity index (χ2n) is 9.07. The zero-order valence-corrected chi connectivity index (χ0v) is 19.6. The van der Waals surface area contributed by atoms with Crippen molar-refractivity contribution in [2.75, 3.05) is 0 Å². The van der Waals surface area contributed by atoms with Crippen molar-refractivity contribution in [2.24, 2.45) is 0 Å². The van der Waals surface area contributed by atoms with Crippen molar-refractivity contribution >= 4 is 11.6 Å². The van der Waals surface area contributed by atoms with Crippen molar-refractivity contribution in [2.45, 2.75) is 50.4 Å². The predicted octanol–water partition coefficient (Wildman–Crippen LogP) is 5.71. The molecule has 0 aromatic heterocycles. The van der Waals surface area contributed by atoms with Crippen molar-refractivity contribution < 1.29 is 32.4 Å². The molecule has 10 heteroatoms. The first-order chi connectivity index (χ1) is 17.5. The van der Waals surface area contributed by atoms with Crippen molar-refractivity contribution in [3.8, 4) is 0 Å². The van der Waals surface area contributed by atoms with Crippen LogP contribution in [-0.4, -0.2) is 22.0 Å². The highest BCUT2D eigenvalue weighted by molar-refractivity contribution is 5.97. The molecule has 0 heterocycles. The molecule has 0 fully saturated rings. The summed E-state index contributed by atoms with van der Waals surface area (Å²) in [5, 5.41) is 25.3. The Hall–Kier alpha value is -3.79. The number of nitro groups is 1. The van der Waals surface area contributed by atoms with Gasteiger partial charge in [0.1, 0.15) is 5.82 Å². The number of carbonyl (C=O) groups excluding carboxylic acids is 1. The number of hydrogen-bond acceptors (Lipinski definition) is 4. The molecular formula is C27H24F4N2O4. The van der Waals surface area contributed by atoms with Gasteiger partial charge in [0.25, 0.3) is 11.6 Å². The van der Waals surface area contributed by atoms with E-state index in [1.807, 2.05) is 0 Å². The van der Waals surface area contributed by atoms with Crippen LogP contribution < -0.4 is 5.32 Å². The number of fused-ring (bicyclic) bond motifs is 1. The Bertz CT molecular complexity index is 1290. The zero-order chi connectivity index (χ0) is 26.7. The van der Waals surface area contributed by atoms with Crippen LogP contribution in [0, 0.1) is 15.9 Å². The number of rotatable bonds is 7. The van der Waals surface area contributed by atoms with Gasteiger partial charge in [-0.05, 0) is 78.6 Å². The highest BCUT2D eigenvalue weighted by Crippen LogP contribution is 2.31. The Morgan fingerprint density at radius 2 is 1.68 bits per heavy atom. The van der Waals surface area contributed by atoms with Gasteiger partial charge in [0.2, 0.25) is 0 Å². The Balaban J connectivity index is 1.67. The minimum atomic E-state index is -4.51. The molecule has 1 aliphatic rings. The molecule has 2 atom stereocenters. The average molecular weight is 516 g/mol. The number of alkyl halides is 3. The summed E-state index contributed by atoms with van der Waals surface area (Å²) in [6.45, 7) is 0. The van der Waals surface area contributed by atoms with E-state index in [1.54, 1.807) is 0 Å². The summed E-state index contributed by atoms with van der Waals surface area (Å²) in [5.74, 6) is -1.16. The van der Waals surface area contributed by atoms with Crippen LogP contribution in [0.4, 0.5) is 23.2 Å². The minimum Gasteiger partial charge on any atom is -0.386 e. The quantitative estimate of drug-likeness (QED) is 0.239. The van der Waals surface area contributed by atoms with E-state index in [9.17, 15) is 37.6 Å². The lowest BCUT2D eigenvalue weighted by molar-refractivity contribution is -0.385. The molecule has 2 N–H and O–H groups in total.